The van der Waals surface area contributed by atoms with Gasteiger partial charge in [0.2, 0.25) is 0 Å². The number of hydrogen-bond donors (Lipinski definition) is 7. The number of carboxylic acid groups (broad SMARTS) is 1. The second-order valence-corrected chi connectivity index (χ2v) is 5.80. The number of nitrogens with two attached hydrogens (primary N) is 3. The lowest BCUT2D eigenvalue weighted by molar-refractivity contribution is -0.138. The Hall–Kier alpha value is -3.14. The Morgan fingerprint density at radius 3 is 1.52 bits per heavy atom. The minimum absolute atomic E-state index is 0.160. The molecule has 0 saturated heterocycles. The minimum Gasteiger partial charge on any atom is -0.508 e. The molecule has 2 aromatic rings. The van der Waals surface area contributed by atoms with Crippen molar-refractivity contribution in [3.63, 3.8) is 0 Å². The molecular formula is C18H24N4O5. The molecule has 1 amide bonds. The molecule has 2 unspecified atom stereocenters. The Kier molecular flexibility index (Phi) is 8.73. The quantitative estimate of drug-likeness (QED) is 0.201. The molecule has 0 fully saturated rings. The average Bonchev–Trinajstić information content (AvgIpc) is 2.65. The Morgan fingerprint density at radius 1 is 0.815 bits per heavy atom. The topological polar surface area (TPSA) is 185 Å². The fourth-order valence-corrected chi connectivity index (χ4v) is 2.06. The van der Waals surface area contributed by atoms with Gasteiger partial charge in [-0.25, -0.2) is 5.84 Å². The largest absolute Gasteiger partial charge is 0.508 e. The number of rotatable bonds is 6. The second kappa shape index (κ2) is 10.8. The standard InChI is InChI=1S/C9H13N3O2.C9H11NO3/c10-8(9(14)12-11)5-6-1-3-7(13)4-2-6;10-8(9(12)13)5-6-1-3-7(11)4-2-6/h1-4,8,13H,5,10-11H2,(H,12,14);1-4,8,11H,5,10H2,(H,12,13). The maximum Gasteiger partial charge on any atom is 0.320 e. The van der Waals surface area contributed by atoms with Crippen LogP contribution in [-0.2, 0) is 22.4 Å². The lowest BCUT2D eigenvalue weighted by atomic mass is 10.1. The van der Waals surface area contributed by atoms with Crippen molar-refractivity contribution in [2.24, 2.45) is 17.3 Å². The third kappa shape index (κ3) is 8.19. The number of carbonyl (C=O) groups is 2. The van der Waals surface area contributed by atoms with E-state index in [4.69, 9.17) is 32.6 Å². The number of phenolic OH excluding ortho intramolecular Hbond substituents is 2. The van der Waals surface area contributed by atoms with Crippen LogP contribution in [-0.4, -0.2) is 39.3 Å². The van der Waals surface area contributed by atoms with Gasteiger partial charge in [0.25, 0.3) is 5.91 Å². The number of hydrazine groups is 1. The van der Waals surface area contributed by atoms with Crippen molar-refractivity contribution < 1.29 is 24.9 Å². The molecule has 146 valence electrons. The Morgan fingerprint density at radius 2 is 1.19 bits per heavy atom. The van der Waals surface area contributed by atoms with E-state index in [2.05, 4.69) is 0 Å². The Labute approximate surface area is 156 Å². The summed E-state index contributed by atoms with van der Waals surface area (Å²) >= 11 is 0. The fraction of sp³-hybridized carbons (Fsp3) is 0.222. The zero-order valence-electron chi connectivity index (χ0n) is 14.6. The molecule has 9 nitrogen and oxygen atoms in total. The molecule has 9 heteroatoms. The van der Waals surface area contributed by atoms with Gasteiger partial charge in [-0.2, -0.15) is 0 Å². The van der Waals surface area contributed by atoms with Gasteiger partial charge in [0.05, 0.1) is 6.04 Å². The molecular weight excluding hydrogens is 352 g/mol. The average molecular weight is 376 g/mol. The van der Waals surface area contributed by atoms with Crippen LogP contribution in [0.4, 0.5) is 0 Å². The molecule has 0 aliphatic carbocycles. The molecule has 0 radical (unpaired) electrons. The number of benzene rings is 2. The highest BCUT2D eigenvalue weighted by molar-refractivity contribution is 5.81. The van der Waals surface area contributed by atoms with Crippen molar-refractivity contribution in [1.82, 2.24) is 5.43 Å². The highest BCUT2D eigenvalue weighted by Crippen LogP contribution is 2.11. The highest BCUT2D eigenvalue weighted by Gasteiger charge is 2.12. The number of aromatic hydroxyl groups is 2. The van der Waals surface area contributed by atoms with Crippen LogP contribution in [0.3, 0.4) is 0 Å². The van der Waals surface area contributed by atoms with Crippen LogP contribution >= 0.6 is 0 Å². The summed E-state index contributed by atoms with van der Waals surface area (Å²) in [7, 11) is 0. The van der Waals surface area contributed by atoms with E-state index in [1.807, 2.05) is 5.43 Å². The summed E-state index contributed by atoms with van der Waals surface area (Å²) in [4.78, 5) is 21.4. The first kappa shape index (κ1) is 21.9. The van der Waals surface area contributed by atoms with E-state index in [1.165, 1.54) is 12.1 Å². The van der Waals surface area contributed by atoms with Crippen LogP contribution in [0.5, 0.6) is 11.5 Å². The van der Waals surface area contributed by atoms with E-state index < -0.39 is 24.0 Å². The Bertz CT molecular complexity index is 734. The van der Waals surface area contributed by atoms with Gasteiger partial charge < -0.3 is 26.8 Å². The van der Waals surface area contributed by atoms with Gasteiger partial charge in [-0.15, -0.1) is 0 Å². The smallest absolute Gasteiger partial charge is 0.320 e. The van der Waals surface area contributed by atoms with E-state index in [1.54, 1.807) is 36.4 Å². The normalized spacial score (nSPS) is 12.3. The van der Waals surface area contributed by atoms with Gasteiger partial charge in [-0.3, -0.25) is 15.0 Å². The van der Waals surface area contributed by atoms with E-state index in [-0.39, 0.29) is 17.9 Å². The summed E-state index contributed by atoms with van der Waals surface area (Å²) in [5.41, 5.74) is 14.5. The van der Waals surface area contributed by atoms with E-state index in [0.717, 1.165) is 11.1 Å². The van der Waals surface area contributed by atoms with E-state index in [0.29, 0.717) is 6.42 Å². The number of hydrogen-bond acceptors (Lipinski definition) is 7. The van der Waals surface area contributed by atoms with Gasteiger partial charge in [0, 0.05) is 0 Å². The van der Waals surface area contributed by atoms with Crippen LogP contribution in [0, 0.1) is 0 Å². The molecule has 0 saturated carbocycles. The summed E-state index contributed by atoms with van der Waals surface area (Å²) in [5.74, 6) is 3.85. The third-order valence-electron chi connectivity index (χ3n) is 3.58. The maximum atomic E-state index is 11.0. The van der Waals surface area contributed by atoms with Crippen LogP contribution in [0.15, 0.2) is 48.5 Å². The van der Waals surface area contributed by atoms with Crippen molar-refractivity contribution >= 4 is 11.9 Å². The lowest BCUT2D eigenvalue weighted by Gasteiger charge is -2.09. The van der Waals surface area contributed by atoms with E-state index >= 15 is 0 Å². The molecule has 0 spiro atoms. The molecule has 0 bridgehead atoms. The Balaban J connectivity index is 0.000000271. The van der Waals surface area contributed by atoms with Gasteiger partial charge in [-0.1, -0.05) is 24.3 Å². The third-order valence-corrected chi connectivity index (χ3v) is 3.58. The molecule has 10 N–H and O–H groups in total. The highest BCUT2D eigenvalue weighted by atomic mass is 16.4. The van der Waals surface area contributed by atoms with Gasteiger partial charge in [-0.05, 0) is 48.2 Å². The van der Waals surface area contributed by atoms with Crippen molar-refractivity contribution in [3.8, 4) is 11.5 Å². The summed E-state index contributed by atoms with van der Waals surface area (Å²) < 4.78 is 0. The second-order valence-electron chi connectivity index (χ2n) is 5.80. The fourth-order valence-electron chi connectivity index (χ4n) is 2.06. The number of nitrogens with one attached hydrogen (secondary N) is 1. The summed E-state index contributed by atoms with van der Waals surface area (Å²) in [5, 5.41) is 26.5. The van der Waals surface area contributed by atoms with Crippen molar-refractivity contribution in [2.45, 2.75) is 24.9 Å². The number of carboxylic acids is 1. The van der Waals surface area contributed by atoms with Crippen molar-refractivity contribution in [1.29, 1.82) is 0 Å². The van der Waals surface area contributed by atoms with Crippen LogP contribution < -0.4 is 22.7 Å². The molecule has 0 aliphatic heterocycles. The predicted octanol–water partition coefficient (Wildman–Crippen LogP) is -0.401. The van der Waals surface area contributed by atoms with Crippen molar-refractivity contribution in [2.75, 3.05) is 0 Å². The zero-order valence-corrected chi connectivity index (χ0v) is 14.6. The number of aliphatic carboxylic acids is 1. The monoisotopic (exact) mass is 376 g/mol. The zero-order chi connectivity index (χ0) is 20.4. The maximum absolute atomic E-state index is 11.0. The molecule has 0 aromatic heterocycles. The van der Waals surface area contributed by atoms with Crippen molar-refractivity contribution in [3.05, 3.63) is 59.7 Å². The first-order valence-electron chi connectivity index (χ1n) is 8.03. The van der Waals surface area contributed by atoms with Gasteiger partial charge in [0.1, 0.15) is 17.5 Å². The number of phenols is 2. The molecule has 27 heavy (non-hydrogen) atoms. The predicted molar refractivity (Wildman–Crippen MR) is 99.5 cm³/mol. The first-order chi connectivity index (χ1) is 12.7. The van der Waals surface area contributed by atoms with Gasteiger partial charge in [0.15, 0.2) is 0 Å². The number of amides is 1. The summed E-state index contributed by atoms with van der Waals surface area (Å²) in [6, 6.07) is 11.3. The number of carbonyl (C=O) groups excluding carboxylic acids is 1. The summed E-state index contributed by atoms with van der Waals surface area (Å²) in [6.45, 7) is 0. The van der Waals surface area contributed by atoms with E-state index in [9.17, 15) is 9.59 Å². The lowest BCUT2D eigenvalue weighted by Crippen LogP contribution is -2.45. The molecule has 2 aromatic carbocycles. The molecule has 0 aliphatic rings. The molecule has 2 rings (SSSR count). The first-order valence-corrected chi connectivity index (χ1v) is 8.03. The van der Waals surface area contributed by atoms with Crippen LogP contribution in [0.1, 0.15) is 11.1 Å². The SMILES string of the molecule is NC(Cc1ccc(O)cc1)C(=O)O.NNC(=O)C(N)Cc1ccc(O)cc1. The minimum atomic E-state index is -1.02. The van der Waals surface area contributed by atoms with Crippen LogP contribution in [0.25, 0.3) is 0 Å². The summed E-state index contributed by atoms with van der Waals surface area (Å²) in [6.07, 6.45) is 0.666. The van der Waals surface area contributed by atoms with Crippen LogP contribution in [0.2, 0.25) is 0 Å². The van der Waals surface area contributed by atoms with Gasteiger partial charge >= 0.3 is 5.97 Å². The molecule has 0 heterocycles. The molecule has 2 atom stereocenters.